The predicted molar refractivity (Wildman–Crippen MR) is 149 cm³/mol. The molecule has 1 amide bonds. The number of nitrogens with zero attached hydrogens (tertiary/aromatic N) is 1. The minimum absolute atomic E-state index is 0.0547. The summed E-state index contributed by atoms with van der Waals surface area (Å²) < 4.78 is 10.7. The van der Waals surface area contributed by atoms with E-state index in [1.54, 1.807) is 42.5 Å². The summed E-state index contributed by atoms with van der Waals surface area (Å²) in [6.45, 7) is 6.48. The molecule has 8 heteroatoms. The van der Waals surface area contributed by atoms with Gasteiger partial charge in [0.25, 0.3) is 11.7 Å². The molecule has 1 aliphatic rings. The molecule has 1 atom stereocenters. The molecule has 0 aliphatic carbocycles. The fraction of sp³-hybridized carbons (Fsp3) is 0.258. The van der Waals surface area contributed by atoms with E-state index < -0.39 is 23.7 Å². The second-order valence-corrected chi connectivity index (χ2v) is 9.66. The number of likely N-dealkylation sites (tertiary alicyclic amines) is 1. The van der Waals surface area contributed by atoms with Crippen LogP contribution in [0.2, 0.25) is 5.02 Å². The predicted octanol–water partition coefficient (Wildman–Crippen LogP) is 6.24. The Morgan fingerprint density at radius 2 is 1.77 bits per heavy atom. The van der Waals surface area contributed by atoms with Gasteiger partial charge < -0.3 is 19.5 Å². The van der Waals surface area contributed by atoms with Crippen LogP contribution in [0.4, 0.5) is 0 Å². The van der Waals surface area contributed by atoms with Gasteiger partial charge in [0.1, 0.15) is 11.5 Å². The van der Waals surface area contributed by atoms with Gasteiger partial charge in [-0.3, -0.25) is 9.59 Å². The van der Waals surface area contributed by atoms with Crippen LogP contribution in [-0.4, -0.2) is 40.9 Å². The van der Waals surface area contributed by atoms with Crippen LogP contribution in [0, 0.1) is 6.92 Å². The SMILES string of the molecule is CCCOC(=O)c1ccc(CN2C(=O)C(=O)/C(=C(/O)c3cc(OCC)ccc3Cl)C2c2cccc(C)c2)cc1. The third-order valence-corrected chi connectivity index (χ3v) is 6.71. The van der Waals surface area contributed by atoms with Crippen LogP contribution in [0.15, 0.2) is 72.3 Å². The molecule has 4 rings (SSSR count). The van der Waals surface area contributed by atoms with Gasteiger partial charge in [-0.2, -0.15) is 0 Å². The molecule has 0 saturated carbocycles. The second kappa shape index (κ2) is 12.2. The summed E-state index contributed by atoms with van der Waals surface area (Å²) in [5.74, 6) is -1.87. The fourth-order valence-corrected chi connectivity index (χ4v) is 4.75. The molecule has 7 nitrogen and oxygen atoms in total. The lowest BCUT2D eigenvalue weighted by atomic mass is 9.94. The van der Waals surface area contributed by atoms with E-state index in [1.165, 1.54) is 4.90 Å². The van der Waals surface area contributed by atoms with Gasteiger partial charge in [0, 0.05) is 12.1 Å². The summed E-state index contributed by atoms with van der Waals surface area (Å²) in [6.07, 6.45) is 0.721. The van der Waals surface area contributed by atoms with Crippen molar-refractivity contribution in [2.45, 2.75) is 39.8 Å². The van der Waals surface area contributed by atoms with E-state index in [0.717, 1.165) is 12.0 Å². The molecular formula is C31H30ClNO6. The zero-order chi connectivity index (χ0) is 28.1. The number of amides is 1. The number of halogens is 1. The first-order chi connectivity index (χ1) is 18.7. The van der Waals surface area contributed by atoms with Crippen molar-refractivity contribution in [3.05, 3.63) is 105 Å². The third-order valence-electron chi connectivity index (χ3n) is 6.38. The molecule has 39 heavy (non-hydrogen) atoms. The summed E-state index contributed by atoms with van der Waals surface area (Å²) in [4.78, 5) is 40.4. The van der Waals surface area contributed by atoms with Crippen LogP contribution in [0.5, 0.6) is 5.75 Å². The number of rotatable bonds is 9. The summed E-state index contributed by atoms with van der Waals surface area (Å²) in [5.41, 5.74) is 2.86. The van der Waals surface area contributed by atoms with E-state index in [4.69, 9.17) is 21.1 Å². The molecule has 3 aromatic rings. The topological polar surface area (TPSA) is 93.1 Å². The van der Waals surface area contributed by atoms with Gasteiger partial charge in [0.05, 0.1) is 35.4 Å². The number of benzene rings is 3. The van der Waals surface area contributed by atoms with E-state index in [1.807, 2.05) is 45.0 Å². The van der Waals surface area contributed by atoms with Crippen LogP contribution >= 0.6 is 11.6 Å². The van der Waals surface area contributed by atoms with Crippen LogP contribution < -0.4 is 4.74 Å². The lowest BCUT2D eigenvalue weighted by Gasteiger charge is -2.26. The number of aliphatic hydroxyl groups excluding tert-OH is 1. The number of ketones is 1. The van der Waals surface area contributed by atoms with Crippen LogP contribution in [0.25, 0.3) is 5.76 Å². The number of Topliss-reactive ketones (excluding diaryl/α,β-unsaturated/α-hetero) is 1. The van der Waals surface area contributed by atoms with Gasteiger partial charge >= 0.3 is 5.97 Å². The van der Waals surface area contributed by atoms with Crippen LogP contribution in [-0.2, 0) is 20.9 Å². The van der Waals surface area contributed by atoms with Crippen molar-refractivity contribution in [3.63, 3.8) is 0 Å². The summed E-state index contributed by atoms with van der Waals surface area (Å²) in [5, 5.41) is 11.6. The van der Waals surface area contributed by atoms with Crippen molar-refractivity contribution in [3.8, 4) is 5.75 Å². The Kier molecular flexibility index (Phi) is 8.72. The number of esters is 1. The highest BCUT2D eigenvalue weighted by Gasteiger charge is 2.46. The highest BCUT2D eigenvalue weighted by molar-refractivity contribution is 6.47. The molecule has 1 saturated heterocycles. The number of aliphatic hydroxyl groups is 1. The molecule has 0 spiro atoms. The van der Waals surface area contributed by atoms with E-state index in [2.05, 4.69) is 0 Å². The van der Waals surface area contributed by atoms with Crippen molar-refractivity contribution >= 4 is 35.0 Å². The first-order valence-electron chi connectivity index (χ1n) is 12.8. The Balaban J connectivity index is 1.77. The van der Waals surface area contributed by atoms with Gasteiger partial charge in [0.2, 0.25) is 0 Å². The lowest BCUT2D eigenvalue weighted by Crippen LogP contribution is -2.29. The van der Waals surface area contributed by atoms with Gasteiger partial charge in [-0.15, -0.1) is 0 Å². The van der Waals surface area contributed by atoms with Crippen molar-refractivity contribution in [2.24, 2.45) is 0 Å². The molecule has 1 N–H and O–H groups in total. The van der Waals surface area contributed by atoms with Gasteiger partial charge in [0.15, 0.2) is 0 Å². The van der Waals surface area contributed by atoms with Crippen molar-refractivity contribution in [1.82, 2.24) is 4.90 Å². The largest absolute Gasteiger partial charge is 0.507 e. The Labute approximate surface area is 232 Å². The average molecular weight is 548 g/mol. The van der Waals surface area contributed by atoms with E-state index >= 15 is 0 Å². The fourth-order valence-electron chi connectivity index (χ4n) is 4.54. The van der Waals surface area contributed by atoms with E-state index in [9.17, 15) is 19.5 Å². The van der Waals surface area contributed by atoms with E-state index in [-0.39, 0.29) is 28.5 Å². The van der Waals surface area contributed by atoms with Gasteiger partial charge in [-0.1, -0.05) is 60.5 Å². The standard InChI is InChI=1S/C31H30ClNO6/c1-4-15-39-31(37)21-11-9-20(10-12-21)18-33-27(22-8-6-7-19(3)16-22)26(29(35)30(33)36)28(34)24-17-23(38-5-2)13-14-25(24)32/h6-14,16-17,27,34H,4-5,15,18H2,1-3H3/b28-26+. The third kappa shape index (κ3) is 5.99. The van der Waals surface area contributed by atoms with E-state index in [0.29, 0.717) is 35.7 Å². The Morgan fingerprint density at radius 3 is 2.44 bits per heavy atom. The Morgan fingerprint density at radius 1 is 1.03 bits per heavy atom. The maximum Gasteiger partial charge on any atom is 0.338 e. The molecule has 1 fully saturated rings. The van der Waals surface area contributed by atoms with Crippen molar-refractivity contribution in [1.29, 1.82) is 0 Å². The molecule has 1 heterocycles. The summed E-state index contributed by atoms with van der Waals surface area (Å²) in [7, 11) is 0. The monoisotopic (exact) mass is 547 g/mol. The Hall–Kier alpha value is -4.10. The highest BCUT2D eigenvalue weighted by atomic mass is 35.5. The van der Waals surface area contributed by atoms with Crippen molar-refractivity contribution < 1.29 is 29.0 Å². The Bertz CT molecular complexity index is 1430. The zero-order valence-corrected chi connectivity index (χ0v) is 22.8. The first kappa shape index (κ1) is 27.9. The highest BCUT2D eigenvalue weighted by Crippen LogP contribution is 2.42. The minimum Gasteiger partial charge on any atom is -0.507 e. The molecule has 1 aliphatic heterocycles. The molecule has 3 aromatic carbocycles. The molecule has 1 unspecified atom stereocenters. The summed E-state index contributed by atoms with van der Waals surface area (Å²) >= 11 is 6.41. The smallest absolute Gasteiger partial charge is 0.338 e. The van der Waals surface area contributed by atoms with Crippen LogP contribution in [0.1, 0.15) is 58.9 Å². The number of hydrogen-bond acceptors (Lipinski definition) is 6. The van der Waals surface area contributed by atoms with Crippen LogP contribution in [0.3, 0.4) is 0 Å². The quantitative estimate of drug-likeness (QED) is 0.148. The number of hydrogen-bond donors (Lipinski definition) is 1. The zero-order valence-electron chi connectivity index (χ0n) is 22.1. The first-order valence-corrected chi connectivity index (χ1v) is 13.2. The average Bonchev–Trinajstić information content (AvgIpc) is 3.18. The van der Waals surface area contributed by atoms with Gasteiger partial charge in [-0.25, -0.2) is 4.79 Å². The lowest BCUT2D eigenvalue weighted by molar-refractivity contribution is -0.140. The maximum absolute atomic E-state index is 13.4. The minimum atomic E-state index is -0.856. The normalized spacial score (nSPS) is 16.4. The second-order valence-electron chi connectivity index (χ2n) is 9.25. The molecule has 0 bridgehead atoms. The number of aryl methyl sites for hydroxylation is 1. The number of carbonyl (C=O) groups is 3. The molecule has 202 valence electrons. The summed E-state index contributed by atoms with van der Waals surface area (Å²) in [6, 6.07) is 18.1. The molecule has 0 aromatic heterocycles. The number of ether oxygens (including phenoxy) is 2. The molecular weight excluding hydrogens is 518 g/mol. The van der Waals surface area contributed by atoms with Crippen molar-refractivity contribution in [2.75, 3.05) is 13.2 Å². The number of carbonyl (C=O) groups excluding carboxylic acids is 3. The molecule has 0 radical (unpaired) electrons. The van der Waals surface area contributed by atoms with Gasteiger partial charge in [-0.05, 0) is 61.7 Å². The maximum atomic E-state index is 13.4.